The van der Waals surface area contributed by atoms with E-state index in [1.165, 1.54) is 0 Å². The normalized spacial score (nSPS) is 11.1. The van der Waals surface area contributed by atoms with Gasteiger partial charge < -0.3 is 5.32 Å². The van der Waals surface area contributed by atoms with Crippen molar-refractivity contribution in [1.29, 1.82) is 0 Å². The molecule has 0 unspecified atom stereocenters. The number of anilines is 1. The second kappa shape index (κ2) is 3.65. The summed E-state index contributed by atoms with van der Waals surface area (Å²) in [5, 5.41) is 1.93. The molecule has 0 saturated heterocycles. The van der Waals surface area contributed by atoms with Crippen molar-refractivity contribution in [2.45, 2.75) is 6.18 Å². The standard InChI is InChI=1S/C8H5F4NO/c9-6-3-5(8(10,11)12)1-2-7(6)13-4-14/h1-4H,(H,13,14). The van der Waals surface area contributed by atoms with Gasteiger partial charge >= 0.3 is 6.18 Å². The highest BCUT2D eigenvalue weighted by Crippen LogP contribution is 2.31. The van der Waals surface area contributed by atoms with Gasteiger partial charge in [0.2, 0.25) is 6.41 Å². The van der Waals surface area contributed by atoms with Crippen LogP contribution in [0.2, 0.25) is 0 Å². The van der Waals surface area contributed by atoms with E-state index in [0.29, 0.717) is 12.1 Å². The topological polar surface area (TPSA) is 29.1 Å². The van der Waals surface area contributed by atoms with Crippen molar-refractivity contribution in [3.8, 4) is 0 Å². The Morgan fingerprint density at radius 2 is 1.93 bits per heavy atom. The van der Waals surface area contributed by atoms with Crippen LogP contribution in [-0.4, -0.2) is 6.41 Å². The fraction of sp³-hybridized carbons (Fsp3) is 0.125. The number of hydrogen-bond donors (Lipinski definition) is 1. The molecule has 0 radical (unpaired) electrons. The molecule has 1 aromatic carbocycles. The van der Waals surface area contributed by atoms with Crippen LogP contribution in [0.1, 0.15) is 5.56 Å². The largest absolute Gasteiger partial charge is 0.416 e. The molecule has 0 aliphatic rings. The summed E-state index contributed by atoms with van der Waals surface area (Å²) in [4.78, 5) is 9.91. The molecule has 1 amide bonds. The molecule has 0 aliphatic carbocycles. The molecule has 0 fully saturated rings. The third-order valence-corrected chi connectivity index (χ3v) is 1.51. The summed E-state index contributed by atoms with van der Waals surface area (Å²) in [7, 11) is 0. The molecule has 14 heavy (non-hydrogen) atoms. The van der Waals surface area contributed by atoms with Gasteiger partial charge in [0, 0.05) is 0 Å². The van der Waals surface area contributed by atoms with E-state index in [2.05, 4.69) is 0 Å². The summed E-state index contributed by atoms with van der Waals surface area (Å²) in [6.45, 7) is 0. The summed E-state index contributed by atoms with van der Waals surface area (Å²) >= 11 is 0. The van der Waals surface area contributed by atoms with Crippen LogP contribution in [0.3, 0.4) is 0 Å². The van der Waals surface area contributed by atoms with E-state index in [-0.39, 0.29) is 12.1 Å². The molecule has 1 rings (SSSR count). The van der Waals surface area contributed by atoms with Crippen LogP contribution in [-0.2, 0) is 11.0 Å². The smallest absolute Gasteiger partial charge is 0.326 e. The second-order valence-electron chi connectivity index (χ2n) is 2.45. The Kier molecular flexibility index (Phi) is 2.73. The van der Waals surface area contributed by atoms with E-state index in [4.69, 9.17) is 0 Å². The molecule has 1 N–H and O–H groups in total. The minimum atomic E-state index is -4.58. The predicted octanol–water partition coefficient (Wildman–Crippen LogP) is 2.41. The van der Waals surface area contributed by atoms with Gasteiger partial charge in [-0.1, -0.05) is 0 Å². The number of carbonyl (C=O) groups excluding carboxylic acids is 1. The van der Waals surface area contributed by atoms with E-state index in [9.17, 15) is 22.4 Å². The number of benzene rings is 1. The molecule has 2 nitrogen and oxygen atoms in total. The van der Waals surface area contributed by atoms with Crippen LogP contribution in [0.15, 0.2) is 18.2 Å². The van der Waals surface area contributed by atoms with Gasteiger partial charge in [-0.05, 0) is 18.2 Å². The number of carbonyl (C=O) groups is 1. The van der Waals surface area contributed by atoms with Gasteiger partial charge in [0.25, 0.3) is 0 Å². The number of alkyl halides is 3. The highest BCUT2D eigenvalue weighted by molar-refractivity contribution is 5.71. The van der Waals surface area contributed by atoms with Crippen LogP contribution in [0.5, 0.6) is 0 Å². The highest BCUT2D eigenvalue weighted by Gasteiger charge is 2.31. The molecule has 0 aromatic heterocycles. The lowest BCUT2D eigenvalue weighted by Crippen LogP contribution is -2.06. The second-order valence-corrected chi connectivity index (χ2v) is 2.45. The molecule has 0 saturated carbocycles. The van der Waals surface area contributed by atoms with Gasteiger partial charge in [0.05, 0.1) is 11.3 Å². The third-order valence-electron chi connectivity index (χ3n) is 1.51. The van der Waals surface area contributed by atoms with Crippen molar-refractivity contribution in [3.63, 3.8) is 0 Å². The Morgan fingerprint density at radius 1 is 1.29 bits per heavy atom. The molecular formula is C8H5F4NO. The molecule has 76 valence electrons. The summed E-state index contributed by atoms with van der Waals surface area (Å²) in [5.74, 6) is -1.12. The Balaban J connectivity index is 3.06. The van der Waals surface area contributed by atoms with Crippen molar-refractivity contribution in [3.05, 3.63) is 29.6 Å². The molecule has 6 heteroatoms. The average molecular weight is 207 g/mol. The number of hydrogen-bond acceptors (Lipinski definition) is 1. The first-order chi connectivity index (χ1) is 6.45. The monoisotopic (exact) mass is 207 g/mol. The molecule has 0 bridgehead atoms. The molecule has 0 heterocycles. The first-order valence-electron chi connectivity index (χ1n) is 3.52. The summed E-state index contributed by atoms with van der Waals surface area (Å²) in [5.41, 5.74) is -1.38. The minimum absolute atomic E-state index is 0.186. The maximum Gasteiger partial charge on any atom is 0.416 e. The van der Waals surface area contributed by atoms with E-state index in [0.717, 1.165) is 6.07 Å². The first kappa shape index (κ1) is 10.5. The maximum atomic E-state index is 12.8. The quantitative estimate of drug-likeness (QED) is 0.585. The average Bonchev–Trinajstić information content (AvgIpc) is 2.07. The third kappa shape index (κ3) is 2.21. The van der Waals surface area contributed by atoms with E-state index >= 15 is 0 Å². The van der Waals surface area contributed by atoms with Crippen LogP contribution in [0.4, 0.5) is 23.2 Å². The Bertz CT molecular complexity index is 348. The lowest BCUT2D eigenvalue weighted by molar-refractivity contribution is -0.137. The minimum Gasteiger partial charge on any atom is -0.326 e. The van der Waals surface area contributed by atoms with Crippen LogP contribution in [0.25, 0.3) is 0 Å². The molecule has 0 atom stereocenters. The van der Waals surface area contributed by atoms with E-state index in [1.54, 1.807) is 0 Å². The van der Waals surface area contributed by atoms with Crippen molar-refractivity contribution >= 4 is 12.1 Å². The highest BCUT2D eigenvalue weighted by atomic mass is 19.4. The Labute approximate surface area is 76.5 Å². The number of rotatable bonds is 2. The Hall–Kier alpha value is -1.59. The van der Waals surface area contributed by atoms with Crippen molar-refractivity contribution in [2.75, 3.05) is 5.32 Å². The van der Waals surface area contributed by atoms with E-state index < -0.39 is 17.6 Å². The number of nitrogens with one attached hydrogen (secondary N) is 1. The van der Waals surface area contributed by atoms with Crippen LogP contribution >= 0.6 is 0 Å². The van der Waals surface area contributed by atoms with Gasteiger partial charge in [0.1, 0.15) is 5.82 Å². The van der Waals surface area contributed by atoms with Crippen LogP contribution < -0.4 is 5.32 Å². The summed E-state index contributed by atoms with van der Waals surface area (Å²) in [6.07, 6.45) is -4.40. The first-order valence-corrected chi connectivity index (χ1v) is 3.52. The fourth-order valence-corrected chi connectivity index (χ4v) is 0.872. The lowest BCUT2D eigenvalue weighted by atomic mass is 10.2. The summed E-state index contributed by atoms with van der Waals surface area (Å²) in [6, 6.07) is 1.87. The zero-order valence-corrected chi connectivity index (χ0v) is 6.73. The van der Waals surface area contributed by atoms with Gasteiger partial charge in [0.15, 0.2) is 0 Å². The number of halogens is 4. The molecule has 0 spiro atoms. The lowest BCUT2D eigenvalue weighted by Gasteiger charge is -2.07. The van der Waals surface area contributed by atoms with Gasteiger partial charge in [-0.3, -0.25) is 4.79 Å². The Morgan fingerprint density at radius 3 is 2.36 bits per heavy atom. The number of amides is 1. The van der Waals surface area contributed by atoms with Crippen LogP contribution in [0, 0.1) is 5.82 Å². The SMILES string of the molecule is O=CNc1ccc(C(F)(F)F)cc1F. The van der Waals surface area contributed by atoms with Crippen molar-refractivity contribution in [1.82, 2.24) is 0 Å². The van der Waals surface area contributed by atoms with Gasteiger partial charge in [-0.2, -0.15) is 13.2 Å². The predicted molar refractivity (Wildman–Crippen MR) is 41.1 cm³/mol. The maximum absolute atomic E-state index is 12.8. The fourth-order valence-electron chi connectivity index (χ4n) is 0.872. The molecule has 1 aromatic rings. The zero-order chi connectivity index (χ0) is 10.8. The molecule has 0 aliphatic heterocycles. The van der Waals surface area contributed by atoms with Gasteiger partial charge in [-0.15, -0.1) is 0 Å². The van der Waals surface area contributed by atoms with E-state index in [1.807, 2.05) is 5.32 Å². The molecular weight excluding hydrogens is 202 g/mol. The van der Waals surface area contributed by atoms with Crippen molar-refractivity contribution < 1.29 is 22.4 Å². The van der Waals surface area contributed by atoms with Gasteiger partial charge in [-0.25, -0.2) is 4.39 Å². The van der Waals surface area contributed by atoms with Crippen molar-refractivity contribution in [2.24, 2.45) is 0 Å². The summed E-state index contributed by atoms with van der Waals surface area (Å²) < 4.78 is 48.9. The zero-order valence-electron chi connectivity index (χ0n) is 6.73.